The van der Waals surface area contributed by atoms with Gasteiger partial charge >= 0.3 is 0 Å². The van der Waals surface area contributed by atoms with E-state index in [4.69, 9.17) is 0 Å². The molecule has 78 valence electrons. The second-order valence-electron chi connectivity index (χ2n) is 3.36. The van der Waals surface area contributed by atoms with Crippen LogP contribution in [0.15, 0.2) is 42.0 Å². The van der Waals surface area contributed by atoms with E-state index in [1.165, 1.54) is 10.4 Å². The summed E-state index contributed by atoms with van der Waals surface area (Å²) in [4.78, 5) is 5.39. The van der Waals surface area contributed by atoms with Crippen molar-refractivity contribution in [2.45, 2.75) is 13.0 Å². The van der Waals surface area contributed by atoms with E-state index >= 15 is 0 Å². The van der Waals surface area contributed by atoms with Gasteiger partial charge in [0.25, 0.3) is 0 Å². The third-order valence-electron chi connectivity index (χ3n) is 2.22. The highest BCUT2D eigenvalue weighted by Gasteiger charge is 1.94. The highest BCUT2D eigenvalue weighted by atomic mass is 32.1. The van der Waals surface area contributed by atoms with Crippen molar-refractivity contribution in [3.63, 3.8) is 0 Å². The Balaban J connectivity index is 1.68. The highest BCUT2D eigenvalue weighted by Crippen LogP contribution is 2.07. The Kier molecular flexibility index (Phi) is 3.88. The molecular formula is C12H14N2S. The number of nitrogens with one attached hydrogen (secondary N) is 1. The van der Waals surface area contributed by atoms with Crippen molar-refractivity contribution in [1.82, 2.24) is 10.3 Å². The molecule has 0 atom stereocenters. The van der Waals surface area contributed by atoms with E-state index in [0.717, 1.165) is 19.5 Å². The van der Waals surface area contributed by atoms with Crippen LogP contribution in [0.5, 0.6) is 0 Å². The van der Waals surface area contributed by atoms with Gasteiger partial charge in [-0.15, -0.1) is 11.3 Å². The fraction of sp³-hybridized carbons (Fsp3) is 0.250. The van der Waals surface area contributed by atoms with E-state index in [2.05, 4.69) is 39.9 Å². The molecule has 15 heavy (non-hydrogen) atoms. The molecule has 3 heteroatoms. The topological polar surface area (TPSA) is 24.9 Å². The van der Waals surface area contributed by atoms with Crippen molar-refractivity contribution in [3.8, 4) is 0 Å². The Morgan fingerprint density at radius 1 is 1.20 bits per heavy atom. The van der Waals surface area contributed by atoms with Crippen LogP contribution in [-0.2, 0) is 13.0 Å². The van der Waals surface area contributed by atoms with Crippen LogP contribution in [0.25, 0.3) is 0 Å². The minimum absolute atomic E-state index is 0.975. The molecule has 0 aliphatic rings. The smallest absolute Gasteiger partial charge is 0.0299 e. The fourth-order valence-corrected chi connectivity index (χ4v) is 2.08. The Morgan fingerprint density at radius 2 is 2.07 bits per heavy atom. The zero-order chi connectivity index (χ0) is 10.3. The maximum absolute atomic E-state index is 4.00. The second-order valence-corrected chi connectivity index (χ2v) is 4.39. The number of aromatic nitrogens is 1. The summed E-state index contributed by atoms with van der Waals surface area (Å²) in [5.74, 6) is 0. The summed E-state index contributed by atoms with van der Waals surface area (Å²) in [5.41, 5.74) is 1.34. The van der Waals surface area contributed by atoms with Crippen molar-refractivity contribution < 1.29 is 0 Å². The summed E-state index contributed by atoms with van der Waals surface area (Å²) in [6.45, 7) is 1.99. The largest absolute Gasteiger partial charge is 0.312 e. The van der Waals surface area contributed by atoms with Crippen molar-refractivity contribution in [2.75, 3.05) is 6.54 Å². The normalized spacial score (nSPS) is 10.4. The summed E-state index contributed by atoms with van der Waals surface area (Å²) in [5, 5.41) is 5.54. The number of thiophene rings is 1. The van der Waals surface area contributed by atoms with Crippen molar-refractivity contribution in [1.29, 1.82) is 0 Å². The summed E-state index contributed by atoms with van der Waals surface area (Å²) in [6, 6.07) is 8.37. The Bertz CT molecular complexity index is 370. The molecule has 0 spiro atoms. The van der Waals surface area contributed by atoms with E-state index < -0.39 is 0 Å². The van der Waals surface area contributed by atoms with E-state index in [0.29, 0.717) is 0 Å². The van der Waals surface area contributed by atoms with Gasteiger partial charge in [-0.1, -0.05) is 6.07 Å². The quantitative estimate of drug-likeness (QED) is 0.780. The van der Waals surface area contributed by atoms with Gasteiger partial charge in [-0.3, -0.25) is 4.98 Å². The van der Waals surface area contributed by atoms with Crippen LogP contribution < -0.4 is 5.32 Å². The lowest BCUT2D eigenvalue weighted by molar-refractivity contribution is 0.693. The number of hydrogen-bond donors (Lipinski definition) is 1. The van der Waals surface area contributed by atoms with Crippen LogP contribution in [0.3, 0.4) is 0 Å². The zero-order valence-corrected chi connectivity index (χ0v) is 9.33. The average molecular weight is 218 g/mol. The summed E-state index contributed by atoms with van der Waals surface area (Å²) in [7, 11) is 0. The average Bonchev–Trinajstić information content (AvgIpc) is 2.79. The van der Waals surface area contributed by atoms with Crippen molar-refractivity contribution in [3.05, 3.63) is 52.5 Å². The van der Waals surface area contributed by atoms with E-state index in [9.17, 15) is 0 Å². The SMILES string of the molecule is c1csc(CNCCc2ccncc2)c1. The Labute approximate surface area is 94.0 Å². The fourth-order valence-electron chi connectivity index (χ4n) is 1.41. The van der Waals surface area contributed by atoms with Gasteiger partial charge in [0.15, 0.2) is 0 Å². The molecule has 2 rings (SSSR count). The molecule has 2 heterocycles. The molecule has 2 aromatic rings. The number of pyridine rings is 1. The first-order chi connectivity index (χ1) is 7.45. The third-order valence-corrected chi connectivity index (χ3v) is 3.10. The lowest BCUT2D eigenvalue weighted by Crippen LogP contribution is -2.15. The predicted molar refractivity (Wildman–Crippen MR) is 64.0 cm³/mol. The van der Waals surface area contributed by atoms with Gasteiger partial charge in [0.1, 0.15) is 0 Å². The molecule has 0 aromatic carbocycles. The molecule has 1 N–H and O–H groups in total. The minimum Gasteiger partial charge on any atom is -0.312 e. The monoisotopic (exact) mass is 218 g/mol. The van der Waals surface area contributed by atoms with Gasteiger partial charge in [-0.05, 0) is 42.1 Å². The molecule has 0 fully saturated rings. The lowest BCUT2D eigenvalue weighted by atomic mass is 10.2. The van der Waals surface area contributed by atoms with E-state index in [1.54, 1.807) is 11.3 Å². The number of rotatable bonds is 5. The first kappa shape index (κ1) is 10.3. The van der Waals surface area contributed by atoms with Gasteiger partial charge < -0.3 is 5.32 Å². The summed E-state index contributed by atoms with van der Waals surface area (Å²) < 4.78 is 0. The standard InChI is InChI=1S/C12H14N2S/c1-2-12(15-9-1)10-14-8-5-11-3-6-13-7-4-11/h1-4,6-7,9,14H,5,8,10H2. The molecule has 0 saturated carbocycles. The highest BCUT2D eigenvalue weighted by molar-refractivity contribution is 7.09. The molecule has 0 unspecified atom stereocenters. The van der Waals surface area contributed by atoms with Gasteiger partial charge in [-0.25, -0.2) is 0 Å². The number of hydrogen-bond acceptors (Lipinski definition) is 3. The molecule has 0 aliphatic carbocycles. The van der Waals surface area contributed by atoms with Crippen LogP contribution in [0.4, 0.5) is 0 Å². The summed E-state index contributed by atoms with van der Waals surface area (Å²) in [6.07, 6.45) is 4.75. The van der Waals surface area contributed by atoms with Gasteiger partial charge in [0.05, 0.1) is 0 Å². The van der Waals surface area contributed by atoms with E-state index in [-0.39, 0.29) is 0 Å². The third kappa shape index (κ3) is 3.46. The molecule has 2 aromatic heterocycles. The maximum atomic E-state index is 4.00. The van der Waals surface area contributed by atoms with Crippen LogP contribution in [-0.4, -0.2) is 11.5 Å². The van der Waals surface area contributed by atoms with Crippen molar-refractivity contribution >= 4 is 11.3 Å². The zero-order valence-electron chi connectivity index (χ0n) is 8.52. The molecule has 0 bridgehead atoms. The van der Waals surface area contributed by atoms with Gasteiger partial charge in [0, 0.05) is 23.8 Å². The first-order valence-electron chi connectivity index (χ1n) is 5.07. The Morgan fingerprint density at radius 3 is 2.80 bits per heavy atom. The van der Waals surface area contributed by atoms with Gasteiger partial charge in [0.2, 0.25) is 0 Å². The molecule has 0 radical (unpaired) electrons. The predicted octanol–water partition coefficient (Wildman–Crippen LogP) is 2.48. The molecule has 0 amide bonds. The van der Waals surface area contributed by atoms with Crippen LogP contribution in [0.2, 0.25) is 0 Å². The summed E-state index contributed by atoms with van der Waals surface area (Å²) >= 11 is 1.80. The molecule has 0 saturated heterocycles. The van der Waals surface area contributed by atoms with Crippen LogP contribution in [0, 0.1) is 0 Å². The Hall–Kier alpha value is -1.19. The molecule has 0 aliphatic heterocycles. The molecule has 2 nitrogen and oxygen atoms in total. The van der Waals surface area contributed by atoms with Crippen LogP contribution in [0.1, 0.15) is 10.4 Å². The first-order valence-corrected chi connectivity index (χ1v) is 5.95. The molecular weight excluding hydrogens is 204 g/mol. The number of nitrogens with zero attached hydrogens (tertiary/aromatic N) is 1. The van der Waals surface area contributed by atoms with Crippen molar-refractivity contribution in [2.24, 2.45) is 0 Å². The van der Waals surface area contributed by atoms with Gasteiger partial charge in [-0.2, -0.15) is 0 Å². The lowest BCUT2D eigenvalue weighted by Gasteiger charge is -2.02. The second kappa shape index (κ2) is 5.63. The van der Waals surface area contributed by atoms with Crippen LogP contribution >= 0.6 is 11.3 Å². The van der Waals surface area contributed by atoms with E-state index in [1.807, 2.05) is 12.4 Å². The maximum Gasteiger partial charge on any atom is 0.0299 e. The minimum atomic E-state index is 0.975.